The van der Waals surface area contributed by atoms with E-state index in [0.29, 0.717) is 65.7 Å². The first-order valence-electron chi connectivity index (χ1n) is 14.6. The fraction of sp³-hybridized carbons (Fsp3) is 0.500. The van der Waals surface area contributed by atoms with Gasteiger partial charge in [-0.2, -0.15) is 11.8 Å². The molecule has 0 radical (unpaired) electrons. The second-order valence-corrected chi connectivity index (χ2v) is 11.6. The zero-order valence-electron chi connectivity index (χ0n) is 24.2. The Hall–Kier alpha value is -3.64. The third-order valence-electron chi connectivity index (χ3n) is 7.84. The van der Waals surface area contributed by atoms with E-state index in [2.05, 4.69) is 23.1 Å². The van der Waals surface area contributed by atoms with Crippen molar-refractivity contribution in [3.05, 3.63) is 41.5 Å². The van der Waals surface area contributed by atoms with E-state index in [9.17, 15) is 24.0 Å². The largest absolute Gasteiger partial charge is 0.342 e. The summed E-state index contributed by atoms with van der Waals surface area (Å²) in [5.74, 6) is -1.12. The summed E-state index contributed by atoms with van der Waals surface area (Å²) in [6, 6.07) is 7.16. The van der Waals surface area contributed by atoms with Crippen LogP contribution in [0.3, 0.4) is 0 Å². The molecule has 0 aliphatic carbocycles. The summed E-state index contributed by atoms with van der Waals surface area (Å²) in [5.41, 5.74) is 12.6. The zero-order valence-corrected chi connectivity index (χ0v) is 25.1. The third-order valence-corrected chi connectivity index (χ3v) is 8.49. The van der Waals surface area contributed by atoms with E-state index in [4.69, 9.17) is 5.73 Å². The summed E-state index contributed by atoms with van der Waals surface area (Å²) in [5, 5.41) is 4.00. The van der Waals surface area contributed by atoms with Crippen LogP contribution in [0.1, 0.15) is 72.6 Å². The number of nitrogens with one attached hydrogen (secondary N) is 3. The second-order valence-electron chi connectivity index (χ2n) is 10.6. The summed E-state index contributed by atoms with van der Waals surface area (Å²) in [6.45, 7) is 2.78. The van der Waals surface area contributed by atoms with Crippen molar-refractivity contribution in [2.75, 3.05) is 37.1 Å². The topological polar surface area (TPSA) is 154 Å². The van der Waals surface area contributed by atoms with Crippen molar-refractivity contribution < 1.29 is 24.0 Å². The van der Waals surface area contributed by atoms with Crippen LogP contribution in [0.25, 0.3) is 10.8 Å². The van der Waals surface area contributed by atoms with Crippen LogP contribution in [0.2, 0.25) is 0 Å². The highest BCUT2D eigenvalue weighted by Gasteiger charge is 2.36. The van der Waals surface area contributed by atoms with Gasteiger partial charge in [0.2, 0.25) is 11.8 Å². The SMILES string of the molecule is CCCCCCN1C(=O)c2cccc3c(NNC(=O)[C@H](CCSC)NC(=O)[C@@H]4CCCN4C(=O)CN)ccc(c23)C1=O. The average Bonchev–Trinajstić information content (AvgIpc) is 3.50. The van der Waals surface area contributed by atoms with Crippen LogP contribution < -0.4 is 21.9 Å². The molecule has 2 aromatic rings. The normalized spacial score (nSPS) is 17.0. The van der Waals surface area contributed by atoms with Gasteiger partial charge in [0.15, 0.2) is 0 Å². The maximum Gasteiger partial charge on any atom is 0.261 e. The standard InChI is InChI=1S/C30H40N6O5S/c1-3-4-5-6-15-36-29(40)20-10-7-9-19-22(13-12-21(26(19)20)30(36)41)33-34-27(38)23(14-17-42-2)32-28(39)24-11-8-16-35(24)25(37)18-31/h7,9-10,12-13,23-24,33H,3-6,8,11,14-18,31H2,1-2H3,(H,32,39)(H,34,38)/t23-,24-/m0/s1. The van der Waals surface area contributed by atoms with E-state index in [1.165, 1.54) is 9.80 Å². The predicted molar refractivity (Wildman–Crippen MR) is 164 cm³/mol. The van der Waals surface area contributed by atoms with Crippen molar-refractivity contribution in [2.45, 2.75) is 64.0 Å². The number of anilines is 1. The quantitative estimate of drug-likeness (QED) is 0.147. The van der Waals surface area contributed by atoms with Gasteiger partial charge in [-0.05, 0) is 55.9 Å². The predicted octanol–water partition coefficient (Wildman–Crippen LogP) is 2.65. The molecule has 2 heterocycles. The zero-order chi connectivity index (χ0) is 30.2. The number of nitrogens with zero attached hydrogens (tertiary/aromatic N) is 2. The van der Waals surface area contributed by atoms with E-state index in [-0.39, 0.29) is 30.2 Å². The molecule has 0 unspecified atom stereocenters. The summed E-state index contributed by atoms with van der Waals surface area (Å²) >= 11 is 1.55. The highest BCUT2D eigenvalue weighted by molar-refractivity contribution is 7.98. The molecule has 0 spiro atoms. The Bertz CT molecular complexity index is 1330. The van der Waals surface area contributed by atoms with Crippen LogP contribution in [-0.4, -0.2) is 83.1 Å². The maximum absolute atomic E-state index is 13.3. The first-order valence-corrected chi connectivity index (χ1v) is 16.0. The maximum atomic E-state index is 13.3. The number of imide groups is 1. The number of thioether (sulfide) groups is 1. The van der Waals surface area contributed by atoms with Crippen molar-refractivity contribution in [3.63, 3.8) is 0 Å². The smallest absolute Gasteiger partial charge is 0.261 e. The highest BCUT2D eigenvalue weighted by atomic mass is 32.2. The van der Waals surface area contributed by atoms with Gasteiger partial charge in [0.05, 0.1) is 12.2 Å². The summed E-state index contributed by atoms with van der Waals surface area (Å²) in [6.07, 6.45) is 7.35. The first kappa shape index (κ1) is 31.3. The molecule has 5 N–H and O–H groups in total. The van der Waals surface area contributed by atoms with Gasteiger partial charge in [-0.1, -0.05) is 38.3 Å². The van der Waals surface area contributed by atoms with Crippen LogP contribution in [0, 0.1) is 0 Å². The van der Waals surface area contributed by atoms with Gasteiger partial charge in [-0.3, -0.25) is 39.7 Å². The minimum atomic E-state index is -0.836. The van der Waals surface area contributed by atoms with Crippen molar-refractivity contribution >= 4 is 57.8 Å². The van der Waals surface area contributed by atoms with Gasteiger partial charge in [0.25, 0.3) is 17.7 Å². The fourth-order valence-corrected chi connectivity index (χ4v) is 6.07. The first-order chi connectivity index (χ1) is 20.3. The molecule has 226 valence electrons. The lowest BCUT2D eigenvalue weighted by atomic mass is 9.93. The molecule has 2 aromatic carbocycles. The molecule has 2 aliphatic rings. The molecule has 1 fully saturated rings. The highest BCUT2D eigenvalue weighted by Crippen LogP contribution is 2.34. The number of benzene rings is 2. The average molecular weight is 597 g/mol. The molecule has 42 heavy (non-hydrogen) atoms. The number of carbonyl (C=O) groups is 5. The second kappa shape index (κ2) is 14.5. The molecule has 4 rings (SSSR count). The number of hydrogen-bond donors (Lipinski definition) is 4. The van der Waals surface area contributed by atoms with E-state index < -0.39 is 18.0 Å². The molecule has 0 bridgehead atoms. The van der Waals surface area contributed by atoms with Gasteiger partial charge in [0.1, 0.15) is 12.1 Å². The Morgan fingerprint density at radius 3 is 2.55 bits per heavy atom. The molecular formula is C30H40N6O5S. The van der Waals surface area contributed by atoms with Crippen LogP contribution in [-0.2, 0) is 14.4 Å². The van der Waals surface area contributed by atoms with Crippen molar-refractivity contribution in [1.82, 2.24) is 20.5 Å². The van der Waals surface area contributed by atoms with Gasteiger partial charge >= 0.3 is 0 Å². The van der Waals surface area contributed by atoms with Crippen LogP contribution in [0.5, 0.6) is 0 Å². The Kier molecular flexibility index (Phi) is 10.8. The molecule has 11 nitrogen and oxygen atoms in total. The molecule has 0 saturated carbocycles. The number of hydrazine groups is 1. The monoisotopic (exact) mass is 596 g/mol. The van der Waals surface area contributed by atoms with Crippen LogP contribution in [0.4, 0.5) is 5.69 Å². The van der Waals surface area contributed by atoms with Crippen molar-refractivity contribution in [3.8, 4) is 0 Å². The molecule has 2 aliphatic heterocycles. The molecule has 0 aromatic heterocycles. The van der Waals surface area contributed by atoms with Crippen molar-refractivity contribution in [1.29, 1.82) is 0 Å². The van der Waals surface area contributed by atoms with Gasteiger partial charge in [-0.25, -0.2) is 0 Å². The van der Waals surface area contributed by atoms with Gasteiger partial charge in [-0.15, -0.1) is 0 Å². The lowest BCUT2D eigenvalue weighted by Crippen LogP contribution is -2.54. The number of rotatable bonds is 14. The fourth-order valence-electron chi connectivity index (χ4n) is 5.60. The number of amides is 5. The number of likely N-dealkylation sites (tertiary alicyclic amines) is 1. The summed E-state index contributed by atoms with van der Waals surface area (Å²) in [4.78, 5) is 67.9. The van der Waals surface area contributed by atoms with Crippen molar-refractivity contribution in [2.24, 2.45) is 5.73 Å². The third kappa shape index (κ3) is 6.70. The number of carbonyl (C=O) groups excluding carboxylic acids is 5. The summed E-state index contributed by atoms with van der Waals surface area (Å²) < 4.78 is 0. The number of unbranched alkanes of at least 4 members (excludes halogenated alkanes) is 3. The minimum absolute atomic E-state index is 0.174. The van der Waals surface area contributed by atoms with E-state index in [0.717, 1.165) is 25.7 Å². The molecule has 1 saturated heterocycles. The number of nitrogens with two attached hydrogens (primary N) is 1. The van der Waals surface area contributed by atoms with Gasteiger partial charge in [0, 0.05) is 35.0 Å². The molecule has 5 amide bonds. The number of hydrogen-bond acceptors (Lipinski definition) is 8. The van der Waals surface area contributed by atoms with Crippen LogP contribution in [0.15, 0.2) is 30.3 Å². The van der Waals surface area contributed by atoms with E-state index in [1.807, 2.05) is 6.26 Å². The van der Waals surface area contributed by atoms with E-state index >= 15 is 0 Å². The van der Waals surface area contributed by atoms with Crippen LogP contribution >= 0.6 is 11.8 Å². The molecular weight excluding hydrogens is 556 g/mol. The lowest BCUT2D eigenvalue weighted by Gasteiger charge is -2.28. The van der Waals surface area contributed by atoms with Gasteiger partial charge < -0.3 is 16.0 Å². The minimum Gasteiger partial charge on any atom is -0.342 e. The molecule has 12 heteroatoms. The summed E-state index contributed by atoms with van der Waals surface area (Å²) in [7, 11) is 0. The Morgan fingerprint density at radius 2 is 1.83 bits per heavy atom. The van der Waals surface area contributed by atoms with E-state index in [1.54, 1.807) is 42.1 Å². The Morgan fingerprint density at radius 1 is 1.07 bits per heavy atom. The Labute approximate surface area is 250 Å². The Balaban J connectivity index is 1.48. The lowest BCUT2D eigenvalue weighted by molar-refractivity contribution is -0.138. The molecule has 2 atom stereocenters.